The summed E-state index contributed by atoms with van der Waals surface area (Å²) >= 11 is 0.808. The van der Waals surface area contributed by atoms with Gasteiger partial charge in [0.2, 0.25) is 5.88 Å². The van der Waals surface area contributed by atoms with Crippen molar-refractivity contribution < 1.29 is 32.6 Å². The predicted molar refractivity (Wildman–Crippen MR) is 100 cm³/mol. The predicted octanol–water partition coefficient (Wildman–Crippen LogP) is 3.83. The van der Waals surface area contributed by atoms with E-state index < -0.39 is 23.7 Å². The zero-order valence-electron chi connectivity index (χ0n) is 15.8. The molecule has 7 nitrogen and oxygen atoms in total. The molecule has 0 bridgehead atoms. The molecule has 3 rings (SSSR count). The Balaban J connectivity index is 1.87. The van der Waals surface area contributed by atoms with E-state index in [2.05, 4.69) is 10.3 Å². The van der Waals surface area contributed by atoms with Crippen LogP contribution in [0.15, 0.2) is 11.4 Å². The largest absolute Gasteiger partial charge is 0.477 e. The van der Waals surface area contributed by atoms with Crippen LogP contribution < -0.4 is 10.1 Å². The number of aromatic nitrogens is 1. The molecule has 11 heteroatoms. The highest BCUT2D eigenvalue weighted by atomic mass is 32.1. The molecule has 2 aromatic heterocycles. The molecule has 0 unspecified atom stereocenters. The molecule has 3 heterocycles. The monoisotopic (exact) mass is 431 g/mol. The number of hydrogen-bond acceptors (Lipinski definition) is 5. The summed E-state index contributed by atoms with van der Waals surface area (Å²) in [5.74, 6) is -0.739. The van der Waals surface area contributed by atoms with Gasteiger partial charge in [-0.15, -0.1) is 11.3 Å². The lowest BCUT2D eigenvalue weighted by Gasteiger charge is -2.37. The number of piperidine rings is 1. The lowest BCUT2D eigenvalue weighted by atomic mass is 9.81. The minimum absolute atomic E-state index is 0.0509. The highest BCUT2D eigenvalue weighted by Gasteiger charge is 2.36. The maximum atomic E-state index is 13.5. The Bertz CT molecular complexity index is 936. The Kier molecular flexibility index (Phi) is 5.61. The topological polar surface area (TPSA) is 91.8 Å². The number of amides is 2. The van der Waals surface area contributed by atoms with Crippen molar-refractivity contribution in [3.05, 3.63) is 22.6 Å². The number of ether oxygens (including phenoxy) is 1. The normalized spacial score (nSPS) is 16.7. The van der Waals surface area contributed by atoms with E-state index in [0.29, 0.717) is 25.9 Å². The molecular formula is C18H20F3N3O4S. The second-order valence-corrected chi connectivity index (χ2v) is 8.16. The van der Waals surface area contributed by atoms with Crippen LogP contribution in [-0.2, 0) is 6.18 Å². The van der Waals surface area contributed by atoms with Crippen LogP contribution in [0.25, 0.3) is 10.2 Å². The van der Waals surface area contributed by atoms with Crippen LogP contribution in [0.5, 0.6) is 5.88 Å². The molecule has 29 heavy (non-hydrogen) atoms. The number of carbonyl (C=O) groups is 2. The van der Waals surface area contributed by atoms with Crippen molar-refractivity contribution in [3.8, 4) is 5.88 Å². The van der Waals surface area contributed by atoms with E-state index in [9.17, 15) is 22.8 Å². The summed E-state index contributed by atoms with van der Waals surface area (Å²) in [6, 6.07) is 0.849. The number of rotatable bonds is 4. The molecule has 0 spiro atoms. The molecule has 0 saturated carbocycles. The molecule has 0 radical (unpaired) electrons. The maximum absolute atomic E-state index is 13.5. The molecule has 0 aliphatic carbocycles. The highest BCUT2D eigenvalue weighted by molar-refractivity contribution is 7.17. The first-order valence-corrected chi connectivity index (χ1v) is 9.74. The Morgan fingerprint density at radius 1 is 1.38 bits per heavy atom. The van der Waals surface area contributed by atoms with Crippen LogP contribution in [0.1, 0.15) is 35.7 Å². The summed E-state index contributed by atoms with van der Waals surface area (Å²) in [5.41, 5.74) is -1.28. The molecule has 1 fully saturated rings. The molecule has 1 aliphatic heterocycles. The van der Waals surface area contributed by atoms with Gasteiger partial charge in [-0.3, -0.25) is 4.79 Å². The minimum Gasteiger partial charge on any atom is -0.477 e. The Labute approximate surface area is 168 Å². The van der Waals surface area contributed by atoms with Crippen molar-refractivity contribution in [1.29, 1.82) is 0 Å². The fourth-order valence-corrected chi connectivity index (χ4v) is 4.22. The smallest absolute Gasteiger partial charge is 0.418 e. The summed E-state index contributed by atoms with van der Waals surface area (Å²) in [4.78, 5) is 28.5. The Morgan fingerprint density at radius 3 is 2.59 bits per heavy atom. The van der Waals surface area contributed by atoms with Gasteiger partial charge in [0.05, 0.1) is 28.0 Å². The number of carboxylic acid groups (broad SMARTS) is 1. The first-order valence-electron chi connectivity index (χ1n) is 8.86. The van der Waals surface area contributed by atoms with Gasteiger partial charge in [0, 0.05) is 37.0 Å². The maximum Gasteiger partial charge on any atom is 0.418 e. The first-order chi connectivity index (χ1) is 13.5. The molecule has 2 amide bonds. The fourth-order valence-electron chi connectivity index (χ4n) is 3.20. The number of fused-ring (bicyclic) bond motifs is 1. The average molecular weight is 431 g/mol. The standard InChI is InChI=1S/C18H20F3N3O4S/c1-17(3-5-24(6-4-17)16(26)27)9-28-12-7-11(18(19,20)21)14-13(23-12)10(8-29-14)15(25)22-2/h7-8H,3-6,9H2,1-2H3,(H,22,25)(H,26,27). The highest BCUT2D eigenvalue weighted by Crippen LogP contribution is 2.40. The molecule has 158 valence electrons. The van der Waals surface area contributed by atoms with Gasteiger partial charge in [0.1, 0.15) is 0 Å². The van der Waals surface area contributed by atoms with Crippen LogP contribution in [0.2, 0.25) is 0 Å². The summed E-state index contributed by atoms with van der Waals surface area (Å²) < 4.78 is 46.1. The molecule has 1 saturated heterocycles. The van der Waals surface area contributed by atoms with Crippen LogP contribution >= 0.6 is 11.3 Å². The zero-order valence-corrected chi connectivity index (χ0v) is 16.6. The second-order valence-electron chi connectivity index (χ2n) is 7.28. The SMILES string of the molecule is CNC(=O)c1csc2c(C(F)(F)F)cc(OCC3(C)CCN(C(=O)O)CC3)nc12. The van der Waals surface area contributed by atoms with Crippen LogP contribution in [0.4, 0.5) is 18.0 Å². The molecular weight excluding hydrogens is 411 g/mol. The number of alkyl halides is 3. The molecule has 2 aromatic rings. The number of thiophene rings is 1. The van der Waals surface area contributed by atoms with E-state index in [0.717, 1.165) is 17.4 Å². The number of halogens is 3. The molecule has 1 aliphatic rings. The summed E-state index contributed by atoms with van der Waals surface area (Å²) in [6.07, 6.45) is -4.57. The van der Waals surface area contributed by atoms with Gasteiger partial charge < -0.3 is 20.1 Å². The van der Waals surface area contributed by atoms with E-state index >= 15 is 0 Å². The van der Waals surface area contributed by atoms with Crippen molar-refractivity contribution >= 4 is 33.6 Å². The van der Waals surface area contributed by atoms with E-state index in [4.69, 9.17) is 9.84 Å². The Hall–Kier alpha value is -2.56. The molecule has 2 N–H and O–H groups in total. The lowest BCUT2D eigenvalue weighted by molar-refractivity contribution is -0.136. The molecule has 0 aromatic carbocycles. The van der Waals surface area contributed by atoms with Crippen LogP contribution in [0, 0.1) is 5.41 Å². The van der Waals surface area contributed by atoms with Crippen LogP contribution in [-0.4, -0.2) is 53.7 Å². The summed E-state index contributed by atoms with van der Waals surface area (Å²) in [7, 11) is 1.39. The minimum atomic E-state index is -4.62. The number of pyridine rings is 1. The van der Waals surface area contributed by atoms with E-state index in [1.54, 1.807) is 0 Å². The summed E-state index contributed by atoms with van der Waals surface area (Å²) in [5, 5.41) is 12.8. The van der Waals surface area contributed by atoms with Gasteiger partial charge >= 0.3 is 12.3 Å². The number of carbonyl (C=O) groups excluding carboxylic acids is 1. The van der Waals surface area contributed by atoms with Gasteiger partial charge in [0.25, 0.3) is 5.91 Å². The van der Waals surface area contributed by atoms with Crippen molar-refractivity contribution in [3.63, 3.8) is 0 Å². The molecule has 0 atom stereocenters. The quantitative estimate of drug-likeness (QED) is 0.768. The Morgan fingerprint density at radius 2 is 2.03 bits per heavy atom. The van der Waals surface area contributed by atoms with Crippen molar-refractivity contribution in [2.24, 2.45) is 5.41 Å². The van der Waals surface area contributed by atoms with Crippen molar-refractivity contribution in [2.75, 3.05) is 26.7 Å². The van der Waals surface area contributed by atoms with Gasteiger partial charge in [-0.1, -0.05) is 6.92 Å². The summed E-state index contributed by atoms with van der Waals surface area (Å²) in [6.45, 7) is 2.66. The van der Waals surface area contributed by atoms with E-state index in [1.807, 2.05) is 6.92 Å². The average Bonchev–Trinajstić information content (AvgIpc) is 3.08. The van der Waals surface area contributed by atoms with Crippen molar-refractivity contribution in [2.45, 2.75) is 25.9 Å². The van der Waals surface area contributed by atoms with Gasteiger partial charge in [-0.2, -0.15) is 13.2 Å². The third kappa shape index (κ3) is 4.39. The fraction of sp³-hybridized carbons (Fsp3) is 0.500. The lowest BCUT2D eigenvalue weighted by Crippen LogP contribution is -2.43. The number of hydrogen-bond donors (Lipinski definition) is 2. The number of likely N-dealkylation sites (tertiary alicyclic amines) is 1. The third-order valence-corrected chi connectivity index (χ3v) is 6.09. The number of nitrogens with one attached hydrogen (secondary N) is 1. The van der Waals surface area contributed by atoms with Gasteiger partial charge in [0.15, 0.2) is 0 Å². The zero-order chi connectivity index (χ0) is 21.4. The van der Waals surface area contributed by atoms with Gasteiger partial charge in [-0.25, -0.2) is 9.78 Å². The third-order valence-electron chi connectivity index (χ3n) is 5.09. The second kappa shape index (κ2) is 7.69. The van der Waals surface area contributed by atoms with Crippen molar-refractivity contribution in [1.82, 2.24) is 15.2 Å². The van der Waals surface area contributed by atoms with E-state index in [1.165, 1.54) is 17.3 Å². The number of nitrogens with zero attached hydrogens (tertiary/aromatic N) is 2. The van der Waals surface area contributed by atoms with Gasteiger partial charge in [-0.05, 0) is 12.8 Å². The van der Waals surface area contributed by atoms with Crippen LogP contribution in [0.3, 0.4) is 0 Å². The first kappa shape index (κ1) is 21.2. The van der Waals surface area contributed by atoms with E-state index in [-0.39, 0.29) is 33.7 Å².